The van der Waals surface area contributed by atoms with Crippen LogP contribution in [0.4, 0.5) is 8.78 Å². The van der Waals surface area contributed by atoms with Gasteiger partial charge in [0, 0.05) is 22.1 Å². The number of halogens is 4. The molecule has 0 aliphatic carbocycles. The van der Waals surface area contributed by atoms with Crippen molar-refractivity contribution < 1.29 is 8.78 Å². The van der Waals surface area contributed by atoms with Crippen LogP contribution >= 0.6 is 31.9 Å². The van der Waals surface area contributed by atoms with Gasteiger partial charge >= 0.3 is 4.96 Å². The fourth-order valence-electron chi connectivity index (χ4n) is 0.443. The van der Waals surface area contributed by atoms with Crippen molar-refractivity contribution in [3.63, 3.8) is 0 Å². The number of nitrogens with zero attached hydrogens (tertiary/aromatic N) is 2. The van der Waals surface area contributed by atoms with Gasteiger partial charge in [0.2, 0.25) is 0 Å². The molecule has 0 N–H and O–H groups in total. The molecule has 0 spiro atoms. The summed E-state index contributed by atoms with van der Waals surface area (Å²) in [7, 11) is 0. The summed E-state index contributed by atoms with van der Waals surface area (Å²) in [6, 6.07) is 1.43. The van der Waals surface area contributed by atoms with Gasteiger partial charge in [0.1, 0.15) is 4.60 Å². The fourth-order valence-corrected chi connectivity index (χ4v) is 0.929. The van der Waals surface area contributed by atoms with E-state index in [2.05, 4.69) is 37.0 Å². The van der Waals surface area contributed by atoms with E-state index in [-0.39, 0.29) is 0 Å². The molecule has 10 heavy (non-hydrogen) atoms. The molecule has 0 amide bonds. The highest BCUT2D eigenvalue weighted by Crippen LogP contribution is 2.27. The summed E-state index contributed by atoms with van der Waals surface area (Å²) in [5.41, 5.74) is 0. The van der Waals surface area contributed by atoms with Crippen molar-refractivity contribution in [2.24, 2.45) is 0 Å². The van der Waals surface area contributed by atoms with Crippen molar-refractivity contribution in [1.29, 1.82) is 0 Å². The van der Waals surface area contributed by atoms with E-state index in [1.54, 1.807) is 0 Å². The first-order chi connectivity index (χ1) is 4.50. The number of alkyl halides is 3. The van der Waals surface area contributed by atoms with Crippen molar-refractivity contribution in [2.75, 3.05) is 0 Å². The van der Waals surface area contributed by atoms with Gasteiger partial charge in [0.25, 0.3) is 0 Å². The van der Waals surface area contributed by atoms with Crippen LogP contribution in [0.15, 0.2) is 16.9 Å². The lowest BCUT2D eigenvalue weighted by atomic mass is 10.8. The zero-order valence-electron chi connectivity index (χ0n) is 4.56. The lowest BCUT2D eigenvalue weighted by molar-refractivity contribution is 0.0197. The average Bonchev–Trinajstić information content (AvgIpc) is 2.11. The molecular formula is C4H2Br2F2N2. The molecule has 0 saturated heterocycles. The van der Waals surface area contributed by atoms with Crippen molar-refractivity contribution in [2.45, 2.75) is 4.96 Å². The molecule has 0 unspecified atom stereocenters. The zero-order valence-corrected chi connectivity index (χ0v) is 7.73. The molecule has 1 aromatic heterocycles. The maximum Gasteiger partial charge on any atom is 0.401 e. The summed E-state index contributed by atoms with van der Waals surface area (Å²) in [6.45, 7) is 0. The Morgan fingerprint density at radius 2 is 2.20 bits per heavy atom. The van der Waals surface area contributed by atoms with Crippen LogP contribution < -0.4 is 0 Å². The summed E-state index contributed by atoms with van der Waals surface area (Å²) in [4.78, 5) is -3.10. The van der Waals surface area contributed by atoms with Gasteiger partial charge < -0.3 is 0 Å². The van der Waals surface area contributed by atoms with Crippen LogP contribution in [0.1, 0.15) is 0 Å². The van der Waals surface area contributed by atoms with Gasteiger partial charge in [-0.3, -0.25) is 0 Å². The van der Waals surface area contributed by atoms with E-state index in [1.807, 2.05) is 0 Å². The Kier molecular flexibility index (Phi) is 2.10. The predicted octanol–water partition coefficient (Wildman–Crippen LogP) is 2.55. The molecule has 2 nitrogen and oxygen atoms in total. The molecule has 0 aliphatic rings. The van der Waals surface area contributed by atoms with Crippen LogP contribution in [-0.4, -0.2) is 9.78 Å². The van der Waals surface area contributed by atoms with E-state index >= 15 is 0 Å². The predicted molar refractivity (Wildman–Crippen MR) is 39.0 cm³/mol. The Morgan fingerprint density at radius 3 is 2.40 bits per heavy atom. The second kappa shape index (κ2) is 2.58. The minimum Gasteiger partial charge on any atom is -0.198 e. The van der Waals surface area contributed by atoms with E-state index in [4.69, 9.17) is 0 Å². The van der Waals surface area contributed by atoms with Crippen LogP contribution in [-0.2, 0) is 4.96 Å². The minimum atomic E-state index is -3.10. The summed E-state index contributed by atoms with van der Waals surface area (Å²) in [5.74, 6) is 0. The summed E-state index contributed by atoms with van der Waals surface area (Å²) >= 11 is 5.08. The minimum absolute atomic E-state index is 0.381. The Balaban J connectivity index is 2.96. The van der Waals surface area contributed by atoms with Crippen molar-refractivity contribution in [1.82, 2.24) is 9.78 Å². The molecule has 6 heteroatoms. The molecule has 1 rings (SSSR count). The molecule has 0 bridgehead atoms. The van der Waals surface area contributed by atoms with Gasteiger partial charge in [-0.1, -0.05) is 0 Å². The highest BCUT2D eigenvalue weighted by Gasteiger charge is 2.26. The third kappa shape index (κ3) is 1.76. The summed E-state index contributed by atoms with van der Waals surface area (Å²) in [5, 5.41) is 3.42. The SMILES string of the molecule is FC(F)(Br)n1ccc(Br)n1. The molecule has 0 aromatic carbocycles. The highest BCUT2D eigenvalue weighted by molar-refractivity contribution is 9.10. The third-order valence-electron chi connectivity index (χ3n) is 0.816. The molecule has 0 aliphatic heterocycles. The number of rotatable bonds is 1. The molecule has 56 valence electrons. The Hall–Kier alpha value is 0.0300. The number of aromatic nitrogens is 2. The monoisotopic (exact) mass is 274 g/mol. The Bertz CT molecular complexity index is 229. The first-order valence-electron chi connectivity index (χ1n) is 2.28. The maximum absolute atomic E-state index is 12.3. The molecule has 1 aromatic rings. The van der Waals surface area contributed by atoms with Gasteiger partial charge in [-0.05, 0) is 22.0 Å². The number of hydrogen-bond donors (Lipinski definition) is 0. The molecule has 0 radical (unpaired) electrons. The van der Waals surface area contributed by atoms with Gasteiger partial charge in [0.05, 0.1) is 0 Å². The van der Waals surface area contributed by atoms with Gasteiger partial charge in [-0.25, -0.2) is 0 Å². The van der Waals surface area contributed by atoms with E-state index in [9.17, 15) is 8.78 Å². The first kappa shape index (κ1) is 8.13. The van der Waals surface area contributed by atoms with Crippen LogP contribution in [0.25, 0.3) is 0 Å². The fraction of sp³-hybridized carbons (Fsp3) is 0.250. The quantitative estimate of drug-likeness (QED) is 0.721. The lowest BCUT2D eigenvalue weighted by Gasteiger charge is -2.06. The second-order valence-corrected chi connectivity index (χ2v) is 3.32. The van der Waals surface area contributed by atoms with Crippen molar-refractivity contribution in [3.05, 3.63) is 16.9 Å². The summed E-state index contributed by atoms with van der Waals surface area (Å²) < 4.78 is 25.4. The second-order valence-electron chi connectivity index (χ2n) is 1.55. The maximum atomic E-state index is 12.3. The Labute approximate surface area is 72.5 Å². The zero-order chi connectivity index (χ0) is 7.78. The van der Waals surface area contributed by atoms with Crippen LogP contribution in [0.3, 0.4) is 0 Å². The van der Waals surface area contributed by atoms with E-state index in [0.717, 1.165) is 0 Å². The van der Waals surface area contributed by atoms with E-state index in [0.29, 0.717) is 9.28 Å². The summed E-state index contributed by atoms with van der Waals surface area (Å²) in [6.07, 6.45) is 1.17. The van der Waals surface area contributed by atoms with Crippen LogP contribution in [0.5, 0.6) is 0 Å². The number of hydrogen-bond acceptors (Lipinski definition) is 1. The van der Waals surface area contributed by atoms with Crippen LogP contribution in [0.2, 0.25) is 0 Å². The lowest BCUT2D eigenvalue weighted by Crippen LogP contribution is -2.14. The smallest absolute Gasteiger partial charge is 0.198 e. The largest absolute Gasteiger partial charge is 0.401 e. The molecule has 0 saturated carbocycles. The highest BCUT2D eigenvalue weighted by atomic mass is 79.9. The van der Waals surface area contributed by atoms with E-state index < -0.39 is 4.96 Å². The first-order valence-corrected chi connectivity index (χ1v) is 3.87. The van der Waals surface area contributed by atoms with E-state index in [1.165, 1.54) is 12.3 Å². The molecule has 0 fully saturated rings. The molecular weight excluding hydrogens is 274 g/mol. The van der Waals surface area contributed by atoms with Crippen LogP contribution in [0, 0.1) is 0 Å². The standard InChI is InChI=1S/C4H2Br2F2N2/c5-3-1-2-10(9-3)4(6,7)8/h1-2H. The van der Waals surface area contributed by atoms with Crippen molar-refractivity contribution in [3.8, 4) is 0 Å². The van der Waals surface area contributed by atoms with Crippen molar-refractivity contribution >= 4 is 31.9 Å². The van der Waals surface area contributed by atoms with Gasteiger partial charge in [-0.15, -0.1) is 0 Å². The van der Waals surface area contributed by atoms with Gasteiger partial charge in [0.15, 0.2) is 0 Å². The normalized spacial score (nSPS) is 12.0. The molecule has 0 atom stereocenters. The third-order valence-corrected chi connectivity index (χ3v) is 1.60. The molecule has 1 heterocycles. The Morgan fingerprint density at radius 1 is 1.60 bits per heavy atom. The topological polar surface area (TPSA) is 17.8 Å². The average molecular weight is 276 g/mol. The van der Waals surface area contributed by atoms with Gasteiger partial charge in [-0.2, -0.15) is 18.6 Å².